The molecule has 3 aromatic heterocycles. The number of para-hydroxylation sites is 1. The van der Waals surface area contributed by atoms with Crippen molar-refractivity contribution in [1.82, 2.24) is 34.6 Å². The molecule has 0 saturated carbocycles. The van der Waals surface area contributed by atoms with Crippen LogP contribution in [0.2, 0.25) is 5.02 Å². The predicted octanol–water partition coefficient (Wildman–Crippen LogP) is 1.63. The number of nitrogens with zero attached hydrogens (tertiary/aromatic N) is 7. The molecular weight excluding hydrogens is 460 g/mol. The molecule has 12 heteroatoms. The van der Waals surface area contributed by atoms with E-state index in [9.17, 15) is 9.90 Å². The zero-order valence-electron chi connectivity index (χ0n) is 18.2. The van der Waals surface area contributed by atoms with Gasteiger partial charge >= 0.3 is 0 Å². The van der Waals surface area contributed by atoms with Gasteiger partial charge in [-0.15, -0.1) is 0 Å². The first-order valence-corrected chi connectivity index (χ1v) is 11.0. The highest BCUT2D eigenvalue weighted by Gasteiger charge is 2.32. The SMILES string of the molecule is Cc1cnc(NC(=O)C(CN2CC(O)C2)Oc2ncnc3c2cnn3-c2ccccc2Cl)cn1. The van der Waals surface area contributed by atoms with Crippen molar-refractivity contribution in [3.8, 4) is 11.6 Å². The fourth-order valence-corrected chi connectivity index (χ4v) is 3.83. The normalized spacial score (nSPS) is 15.1. The molecule has 1 unspecified atom stereocenters. The van der Waals surface area contributed by atoms with Crippen LogP contribution in [0.25, 0.3) is 16.7 Å². The lowest BCUT2D eigenvalue weighted by atomic mass is 10.1. The van der Waals surface area contributed by atoms with Crippen molar-refractivity contribution in [2.45, 2.75) is 19.1 Å². The highest BCUT2D eigenvalue weighted by molar-refractivity contribution is 6.32. The van der Waals surface area contributed by atoms with Crippen LogP contribution in [0.3, 0.4) is 0 Å². The molecule has 1 aliphatic rings. The van der Waals surface area contributed by atoms with Gasteiger partial charge < -0.3 is 15.2 Å². The summed E-state index contributed by atoms with van der Waals surface area (Å²) >= 11 is 6.33. The molecule has 11 nitrogen and oxygen atoms in total. The largest absolute Gasteiger partial charge is 0.462 e. The van der Waals surface area contributed by atoms with E-state index in [1.165, 1.54) is 12.5 Å². The Hall–Kier alpha value is -3.67. The number of halogens is 1. The van der Waals surface area contributed by atoms with Crippen LogP contribution in [0.15, 0.2) is 49.2 Å². The van der Waals surface area contributed by atoms with E-state index in [0.29, 0.717) is 40.7 Å². The van der Waals surface area contributed by atoms with E-state index in [2.05, 4.69) is 30.4 Å². The van der Waals surface area contributed by atoms with Crippen LogP contribution in [-0.4, -0.2) is 77.5 Å². The van der Waals surface area contributed by atoms with Crippen molar-refractivity contribution in [3.63, 3.8) is 0 Å². The molecule has 1 aliphatic heterocycles. The summed E-state index contributed by atoms with van der Waals surface area (Å²) in [5.41, 5.74) is 1.88. The van der Waals surface area contributed by atoms with Crippen LogP contribution in [-0.2, 0) is 4.79 Å². The van der Waals surface area contributed by atoms with E-state index in [1.54, 1.807) is 23.1 Å². The molecule has 1 atom stereocenters. The number of amides is 1. The molecule has 0 spiro atoms. The molecule has 1 amide bonds. The fraction of sp³-hybridized carbons (Fsp3) is 0.273. The summed E-state index contributed by atoms with van der Waals surface area (Å²) in [5.74, 6) is 0.108. The van der Waals surface area contributed by atoms with Crippen LogP contribution in [0.1, 0.15) is 5.69 Å². The number of hydrogen-bond donors (Lipinski definition) is 2. The minimum atomic E-state index is -0.933. The van der Waals surface area contributed by atoms with Crippen molar-refractivity contribution in [2.24, 2.45) is 0 Å². The minimum absolute atomic E-state index is 0.208. The number of carbonyl (C=O) groups excluding carboxylic acids is 1. The Labute approximate surface area is 199 Å². The van der Waals surface area contributed by atoms with Gasteiger partial charge in [0.15, 0.2) is 17.6 Å². The summed E-state index contributed by atoms with van der Waals surface area (Å²) in [6, 6.07) is 7.27. The van der Waals surface area contributed by atoms with Crippen molar-refractivity contribution >= 4 is 34.4 Å². The van der Waals surface area contributed by atoms with E-state index in [1.807, 2.05) is 30.0 Å². The van der Waals surface area contributed by atoms with Gasteiger partial charge in [0.05, 0.1) is 41.1 Å². The second kappa shape index (κ2) is 9.29. The highest BCUT2D eigenvalue weighted by atomic mass is 35.5. The number of anilines is 1. The van der Waals surface area contributed by atoms with Gasteiger partial charge in [0.25, 0.3) is 5.91 Å². The fourth-order valence-electron chi connectivity index (χ4n) is 3.61. The first kappa shape index (κ1) is 22.1. The zero-order valence-corrected chi connectivity index (χ0v) is 18.9. The van der Waals surface area contributed by atoms with Crippen LogP contribution >= 0.6 is 11.6 Å². The molecule has 34 heavy (non-hydrogen) atoms. The van der Waals surface area contributed by atoms with Gasteiger partial charge in [-0.3, -0.25) is 14.7 Å². The number of ether oxygens (including phenoxy) is 1. The Morgan fingerprint density at radius 1 is 1.21 bits per heavy atom. The molecule has 1 saturated heterocycles. The Morgan fingerprint density at radius 2 is 2.03 bits per heavy atom. The number of hydrogen-bond acceptors (Lipinski definition) is 9. The molecule has 0 bridgehead atoms. The maximum Gasteiger partial charge on any atom is 0.268 e. The number of aryl methyl sites for hydroxylation is 1. The van der Waals surface area contributed by atoms with Gasteiger partial charge in [0.2, 0.25) is 5.88 Å². The van der Waals surface area contributed by atoms with E-state index >= 15 is 0 Å². The Kier molecular flexibility index (Phi) is 6.05. The Balaban J connectivity index is 1.43. The second-order valence-corrected chi connectivity index (χ2v) is 8.34. The van der Waals surface area contributed by atoms with Crippen molar-refractivity contribution in [3.05, 3.63) is 59.9 Å². The summed E-state index contributed by atoms with van der Waals surface area (Å²) in [6.07, 6.45) is 4.62. The number of β-amino-alcohol motifs (C(OH)–C–C–N with tert-alkyl or cyclic N) is 1. The highest BCUT2D eigenvalue weighted by Crippen LogP contribution is 2.27. The van der Waals surface area contributed by atoms with Crippen molar-refractivity contribution in [1.29, 1.82) is 0 Å². The van der Waals surface area contributed by atoms with Crippen molar-refractivity contribution < 1.29 is 14.6 Å². The van der Waals surface area contributed by atoms with Crippen LogP contribution < -0.4 is 10.1 Å². The molecule has 2 N–H and O–H groups in total. The number of fused-ring (bicyclic) bond motifs is 1. The molecule has 1 fully saturated rings. The second-order valence-electron chi connectivity index (χ2n) is 7.94. The number of aromatic nitrogens is 6. The quantitative estimate of drug-likeness (QED) is 0.405. The number of likely N-dealkylation sites (tertiary alicyclic amines) is 1. The number of aliphatic hydroxyl groups is 1. The molecule has 174 valence electrons. The summed E-state index contributed by atoms with van der Waals surface area (Å²) in [7, 11) is 0. The van der Waals surface area contributed by atoms with Gasteiger partial charge in [-0.2, -0.15) is 5.10 Å². The average Bonchev–Trinajstić information content (AvgIpc) is 3.24. The van der Waals surface area contributed by atoms with E-state index in [-0.39, 0.29) is 12.4 Å². The molecule has 4 aromatic rings. The van der Waals surface area contributed by atoms with E-state index < -0.39 is 18.1 Å². The Bertz CT molecular complexity index is 1320. The Morgan fingerprint density at radius 3 is 2.76 bits per heavy atom. The lowest BCUT2D eigenvalue weighted by Gasteiger charge is -2.37. The molecule has 0 radical (unpaired) electrons. The first-order chi connectivity index (χ1) is 16.5. The first-order valence-electron chi connectivity index (χ1n) is 10.6. The molecule has 4 heterocycles. The summed E-state index contributed by atoms with van der Waals surface area (Å²) in [4.78, 5) is 31.9. The lowest BCUT2D eigenvalue weighted by Crippen LogP contribution is -2.55. The average molecular weight is 481 g/mol. The van der Waals surface area contributed by atoms with Gasteiger partial charge in [-0.1, -0.05) is 23.7 Å². The summed E-state index contributed by atoms with van der Waals surface area (Å²) in [5, 5.41) is 17.8. The smallest absolute Gasteiger partial charge is 0.268 e. The third-order valence-electron chi connectivity index (χ3n) is 5.35. The third-order valence-corrected chi connectivity index (χ3v) is 5.67. The minimum Gasteiger partial charge on any atom is -0.462 e. The topological polar surface area (TPSA) is 131 Å². The number of nitrogens with one attached hydrogen (secondary N) is 1. The van der Waals surface area contributed by atoms with Gasteiger partial charge in [-0.25, -0.2) is 19.6 Å². The molecule has 0 aliphatic carbocycles. The van der Waals surface area contributed by atoms with Crippen molar-refractivity contribution in [2.75, 3.05) is 25.0 Å². The van der Waals surface area contributed by atoms with E-state index in [0.717, 1.165) is 5.69 Å². The third kappa shape index (κ3) is 4.53. The summed E-state index contributed by atoms with van der Waals surface area (Å²) in [6.45, 7) is 2.98. The molecular formula is C22H21ClN8O3. The van der Waals surface area contributed by atoms with Gasteiger partial charge in [-0.05, 0) is 19.1 Å². The van der Waals surface area contributed by atoms with E-state index in [4.69, 9.17) is 16.3 Å². The maximum atomic E-state index is 13.1. The zero-order chi connectivity index (χ0) is 23.7. The number of carbonyl (C=O) groups is 1. The number of benzene rings is 1. The molecule has 5 rings (SSSR count). The monoisotopic (exact) mass is 480 g/mol. The summed E-state index contributed by atoms with van der Waals surface area (Å²) < 4.78 is 7.68. The van der Waals surface area contributed by atoms with Gasteiger partial charge in [0.1, 0.15) is 11.7 Å². The maximum absolute atomic E-state index is 13.1. The number of rotatable bonds is 7. The van der Waals surface area contributed by atoms with Gasteiger partial charge in [0, 0.05) is 19.6 Å². The predicted molar refractivity (Wildman–Crippen MR) is 124 cm³/mol. The van der Waals surface area contributed by atoms with Crippen LogP contribution in [0.5, 0.6) is 5.88 Å². The van der Waals surface area contributed by atoms with Crippen LogP contribution in [0.4, 0.5) is 5.82 Å². The standard InChI is InChI=1S/C22H21ClN8O3/c1-13-6-25-19(8-24-13)29-21(33)18(11-30-9-14(32)10-30)34-22-15-7-28-31(20(15)26-12-27-22)17-5-3-2-4-16(17)23/h2-8,12,14,18,32H,9-11H2,1H3,(H,25,29,33). The van der Waals surface area contributed by atoms with Crippen LogP contribution in [0, 0.1) is 6.92 Å². The lowest BCUT2D eigenvalue weighted by molar-refractivity contribution is -0.125. The number of aliphatic hydroxyl groups excluding tert-OH is 1. The molecule has 1 aromatic carbocycles.